The van der Waals surface area contributed by atoms with Crippen LogP contribution in [0.15, 0.2) is 78.9 Å². The van der Waals surface area contributed by atoms with Gasteiger partial charge in [0.1, 0.15) is 23.9 Å². The summed E-state index contributed by atoms with van der Waals surface area (Å²) < 4.78 is 18.2. The van der Waals surface area contributed by atoms with Crippen molar-refractivity contribution >= 4 is 23.1 Å². The van der Waals surface area contributed by atoms with E-state index in [1.807, 2.05) is 24.3 Å². The highest BCUT2D eigenvalue weighted by Crippen LogP contribution is 2.54. The Kier molecular flexibility index (Phi) is 6.30. The molecule has 0 saturated heterocycles. The highest BCUT2D eigenvalue weighted by atomic mass is 16.5. The second-order valence-corrected chi connectivity index (χ2v) is 11.0. The van der Waals surface area contributed by atoms with Gasteiger partial charge < -0.3 is 24.6 Å². The van der Waals surface area contributed by atoms with E-state index in [2.05, 4.69) is 81.6 Å². The maximum Gasteiger partial charge on any atom is 0.172 e. The molecule has 2 aliphatic heterocycles. The largest absolute Gasteiger partial charge is 0.504 e. The first-order valence-electron chi connectivity index (χ1n) is 13.5. The van der Waals surface area contributed by atoms with Crippen LogP contribution in [0.3, 0.4) is 0 Å². The minimum atomic E-state index is -0.174. The number of hydrogen-bond acceptors (Lipinski definition) is 5. The fourth-order valence-electron chi connectivity index (χ4n) is 5.61. The second kappa shape index (κ2) is 9.83. The summed E-state index contributed by atoms with van der Waals surface area (Å²) in [5, 5.41) is 14.2. The fourth-order valence-corrected chi connectivity index (χ4v) is 5.61. The summed E-state index contributed by atoms with van der Waals surface area (Å²) in [6.45, 7) is 9.05. The Balaban J connectivity index is 1.41. The van der Waals surface area contributed by atoms with Gasteiger partial charge in [-0.15, -0.1) is 0 Å². The van der Waals surface area contributed by atoms with Gasteiger partial charge in [-0.3, -0.25) is 0 Å². The number of aromatic hydroxyl groups is 1. The summed E-state index contributed by atoms with van der Waals surface area (Å²) in [4.78, 5) is 0. The average Bonchev–Trinajstić information content (AvgIpc) is 2.92. The van der Waals surface area contributed by atoms with Gasteiger partial charge in [-0.2, -0.15) is 0 Å². The lowest BCUT2D eigenvalue weighted by atomic mass is 9.83. The highest BCUT2D eigenvalue weighted by Gasteiger charge is 2.33. The lowest BCUT2D eigenvalue weighted by Crippen LogP contribution is -2.32. The maximum atomic E-state index is 10.6. The van der Waals surface area contributed by atoms with Crippen LogP contribution in [0.5, 0.6) is 23.0 Å². The van der Waals surface area contributed by atoms with E-state index < -0.39 is 0 Å². The van der Waals surface area contributed by atoms with Crippen molar-refractivity contribution in [2.45, 2.75) is 39.8 Å². The van der Waals surface area contributed by atoms with Gasteiger partial charge in [0.05, 0.1) is 18.2 Å². The topological polar surface area (TPSA) is 60.0 Å². The minimum absolute atomic E-state index is 0.0775. The number of aryl methyl sites for hydroxylation is 1. The molecule has 4 aromatic rings. The number of allylic oxidation sites excluding steroid dienone is 1. The zero-order valence-corrected chi connectivity index (χ0v) is 23.5. The molecule has 0 amide bonds. The summed E-state index contributed by atoms with van der Waals surface area (Å²) in [7, 11) is 1.57. The molecule has 0 spiro atoms. The standard InChI is InChI=1S/C35H33NO4/c1-21-6-8-24(9-7-21)20-39-25-12-10-23(11-13-25)18-30-32-26(33-29(40-30)17-16-28(37)34(33)38-5)14-15-27-31(32)22(2)19-35(3,4)36-27/h6-19,36-37H,20H2,1-5H3. The van der Waals surface area contributed by atoms with Gasteiger partial charge in [-0.05, 0) is 80.8 Å². The quantitative estimate of drug-likeness (QED) is 0.271. The third-order valence-electron chi connectivity index (χ3n) is 7.38. The van der Waals surface area contributed by atoms with Crippen molar-refractivity contribution in [3.63, 3.8) is 0 Å². The number of nitrogens with one attached hydrogen (secondary N) is 1. The Morgan fingerprint density at radius 1 is 0.875 bits per heavy atom. The van der Waals surface area contributed by atoms with Crippen molar-refractivity contribution in [2.24, 2.45) is 0 Å². The van der Waals surface area contributed by atoms with Crippen molar-refractivity contribution in [3.05, 3.63) is 107 Å². The van der Waals surface area contributed by atoms with Crippen molar-refractivity contribution in [1.29, 1.82) is 0 Å². The first kappa shape index (κ1) is 25.6. The van der Waals surface area contributed by atoms with E-state index >= 15 is 0 Å². The van der Waals surface area contributed by atoms with E-state index in [4.69, 9.17) is 14.2 Å². The molecule has 6 rings (SSSR count). The number of phenols is 1. The average molecular weight is 532 g/mol. The molecule has 0 radical (unpaired) electrons. The van der Waals surface area contributed by atoms with Gasteiger partial charge in [0, 0.05) is 22.4 Å². The van der Waals surface area contributed by atoms with Crippen molar-refractivity contribution in [2.75, 3.05) is 12.4 Å². The summed E-state index contributed by atoms with van der Waals surface area (Å²) in [6, 6.07) is 24.0. The first-order chi connectivity index (χ1) is 19.2. The van der Waals surface area contributed by atoms with Crippen molar-refractivity contribution in [3.8, 4) is 34.1 Å². The van der Waals surface area contributed by atoms with Gasteiger partial charge in [-0.1, -0.05) is 54.1 Å². The molecule has 5 heteroatoms. The molecule has 202 valence electrons. The van der Waals surface area contributed by atoms with Gasteiger partial charge in [0.2, 0.25) is 0 Å². The van der Waals surface area contributed by atoms with Crippen LogP contribution in [0.2, 0.25) is 0 Å². The van der Waals surface area contributed by atoms with Gasteiger partial charge in [0.15, 0.2) is 11.5 Å². The molecule has 0 fully saturated rings. The van der Waals surface area contributed by atoms with Crippen LogP contribution in [0.4, 0.5) is 5.69 Å². The van der Waals surface area contributed by atoms with Crippen LogP contribution in [0, 0.1) is 6.92 Å². The molecule has 40 heavy (non-hydrogen) atoms. The van der Waals surface area contributed by atoms with Crippen LogP contribution >= 0.6 is 0 Å². The van der Waals surface area contributed by atoms with E-state index in [0.29, 0.717) is 18.1 Å². The molecule has 0 atom stereocenters. The summed E-state index contributed by atoms with van der Waals surface area (Å²) >= 11 is 0. The van der Waals surface area contributed by atoms with Crippen LogP contribution in [-0.4, -0.2) is 17.8 Å². The number of fused-ring (bicyclic) bond motifs is 5. The van der Waals surface area contributed by atoms with E-state index in [0.717, 1.165) is 56.1 Å². The number of phenolic OH excluding ortho intramolecular Hbond substituents is 1. The predicted octanol–water partition coefficient (Wildman–Crippen LogP) is 8.45. The summed E-state index contributed by atoms with van der Waals surface area (Å²) in [5.41, 5.74) is 9.12. The normalized spacial score (nSPS) is 15.6. The number of methoxy groups -OCH3 is 1. The lowest BCUT2D eigenvalue weighted by Gasteiger charge is -2.35. The van der Waals surface area contributed by atoms with E-state index in [1.54, 1.807) is 19.2 Å². The van der Waals surface area contributed by atoms with Crippen LogP contribution in [-0.2, 0) is 6.61 Å². The molecule has 0 saturated carbocycles. The molecular weight excluding hydrogens is 498 g/mol. The number of benzene rings is 4. The number of ether oxygens (including phenoxy) is 3. The minimum Gasteiger partial charge on any atom is -0.504 e. The first-order valence-corrected chi connectivity index (χ1v) is 13.5. The maximum absolute atomic E-state index is 10.6. The predicted molar refractivity (Wildman–Crippen MR) is 162 cm³/mol. The Morgan fingerprint density at radius 3 is 2.35 bits per heavy atom. The highest BCUT2D eigenvalue weighted by molar-refractivity contribution is 6.02. The van der Waals surface area contributed by atoms with E-state index in [-0.39, 0.29) is 11.3 Å². The van der Waals surface area contributed by atoms with Gasteiger partial charge in [-0.25, -0.2) is 0 Å². The lowest BCUT2D eigenvalue weighted by molar-refractivity contribution is 0.306. The molecule has 5 nitrogen and oxygen atoms in total. The number of rotatable bonds is 5. The monoisotopic (exact) mass is 531 g/mol. The Morgan fingerprint density at radius 2 is 1.62 bits per heavy atom. The second-order valence-electron chi connectivity index (χ2n) is 11.0. The Hall–Kier alpha value is -4.64. The molecule has 0 aliphatic carbocycles. The van der Waals surface area contributed by atoms with Crippen LogP contribution < -0.4 is 19.5 Å². The third-order valence-corrected chi connectivity index (χ3v) is 7.38. The van der Waals surface area contributed by atoms with Crippen molar-refractivity contribution in [1.82, 2.24) is 0 Å². The van der Waals surface area contributed by atoms with Crippen LogP contribution in [0.25, 0.3) is 28.5 Å². The van der Waals surface area contributed by atoms with E-state index in [1.165, 1.54) is 5.56 Å². The number of hydrogen-bond donors (Lipinski definition) is 2. The molecule has 2 heterocycles. The Labute approximate surface area is 235 Å². The smallest absolute Gasteiger partial charge is 0.172 e. The molecule has 2 aliphatic rings. The Bertz CT molecular complexity index is 1660. The number of anilines is 1. The molecule has 4 aromatic carbocycles. The fraction of sp³-hybridized carbons (Fsp3) is 0.200. The third kappa shape index (κ3) is 4.68. The molecular formula is C35H33NO4. The zero-order valence-electron chi connectivity index (χ0n) is 23.5. The van der Waals surface area contributed by atoms with Gasteiger partial charge >= 0.3 is 0 Å². The van der Waals surface area contributed by atoms with Crippen molar-refractivity contribution < 1.29 is 19.3 Å². The molecule has 2 N–H and O–H groups in total. The van der Waals surface area contributed by atoms with Gasteiger partial charge in [0.25, 0.3) is 0 Å². The van der Waals surface area contributed by atoms with Crippen LogP contribution in [0.1, 0.15) is 48.6 Å². The molecule has 0 unspecified atom stereocenters. The SMILES string of the molecule is COc1c(O)ccc2c1-c1ccc3c(c1C(=Cc1ccc(OCc4ccc(C)cc4)cc1)O2)C(C)=CC(C)(C)N3. The van der Waals surface area contributed by atoms with E-state index in [9.17, 15) is 5.11 Å². The summed E-state index contributed by atoms with van der Waals surface area (Å²) in [5.74, 6) is 2.65. The molecule has 0 aromatic heterocycles. The molecule has 0 bridgehead atoms. The summed E-state index contributed by atoms with van der Waals surface area (Å²) in [6.07, 6.45) is 4.29. The zero-order chi connectivity index (χ0) is 28.0.